The molecule has 3 fully saturated rings. The van der Waals surface area contributed by atoms with Gasteiger partial charge in [0.1, 0.15) is 0 Å². The Labute approximate surface area is 97.1 Å². The van der Waals surface area contributed by atoms with Crippen molar-refractivity contribution in [3.8, 4) is 0 Å². The van der Waals surface area contributed by atoms with E-state index in [9.17, 15) is 4.79 Å². The minimum Gasteiger partial charge on any atom is -0.372 e. The van der Waals surface area contributed by atoms with E-state index < -0.39 is 0 Å². The summed E-state index contributed by atoms with van der Waals surface area (Å²) in [5.74, 6) is 2.52. The predicted molar refractivity (Wildman–Crippen MR) is 60.9 cm³/mol. The van der Waals surface area contributed by atoms with Gasteiger partial charge in [-0.05, 0) is 44.9 Å². The Hall–Kier alpha value is -0.570. The van der Waals surface area contributed by atoms with E-state index in [-0.39, 0.29) is 12.2 Å². The Balaban J connectivity index is 1.61. The van der Waals surface area contributed by atoms with Crippen LogP contribution >= 0.6 is 0 Å². The monoisotopic (exact) mass is 223 g/mol. The Morgan fingerprint density at radius 3 is 2.19 bits per heavy atom. The zero-order valence-electron chi connectivity index (χ0n) is 10.2. The molecule has 0 N–H and O–H groups in total. The van der Waals surface area contributed by atoms with Gasteiger partial charge in [0.2, 0.25) is 5.91 Å². The maximum atomic E-state index is 12.3. The summed E-state index contributed by atoms with van der Waals surface area (Å²) in [5, 5.41) is 0. The highest BCUT2D eigenvalue weighted by atomic mass is 16.5. The molecule has 0 radical (unpaired) electrons. The van der Waals surface area contributed by atoms with E-state index in [1.54, 1.807) is 0 Å². The number of carbonyl (C=O) groups is 1. The third kappa shape index (κ3) is 1.86. The first kappa shape index (κ1) is 10.6. The molecule has 2 saturated carbocycles. The van der Waals surface area contributed by atoms with Crippen LogP contribution < -0.4 is 0 Å². The number of nitrogens with zero attached hydrogens (tertiary/aromatic N) is 1. The number of hydrogen-bond donors (Lipinski definition) is 0. The lowest BCUT2D eigenvalue weighted by atomic mass is 10.0. The molecule has 0 bridgehead atoms. The van der Waals surface area contributed by atoms with Crippen LogP contribution in [0.2, 0.25) is 0 Å². The molecule has 3 heteroatoms. The molecule has 0 aromatic carbocycles. The summed E-state index contributed by atoms with van der Waals surface area (Å²) in [7, 11) is 0. The Morgan fingerprint density at radius 2 is 1.62 bits per heavy atom. The summed E-state index contributed by atoms with van der Waals surface area (Å²) < 4.78 is 5.67. The molecule has 1 saturated heterocycles. The van der Waals surface area contributed by atoms with Crippen molar-refractivity contribution in [2.45, 2.75) is 45.3 Å². The van der Waals surface area contributed by atoms with Gasteiger partial charge < -0.3 is 9.64 Å². The molecule has 0 aromatic heterocycles. The van der Waals surface area contributed by atoms with Crippen LogP contribution in [-0.4, -0.2) is 36.1 Å². The van der Waals surface area contributed by atoms with Crippen molar-refractivity contribution >= 4 is 5.91 Å². The molecule has 1 amide bonds. The van der Waals surface area contributed by atoms with Crippen molar-refractivity contribution in [2.24, 2.45) is 17.8 Å². The Bertz CT molecular complexity index is 284. The summed E-state index contributed by atoms with van der Waals surface area (Å²) in [6.45, 7) is 5.69. The van der Waals surface area contributed by atoms with Crippen molar-refractivity contribution in [1.29, 1.82) is 0 Å². The number of ether oxygens (including phenoxy) is 1. The normalized spacial score (nSPS) is 46.6. The van der Waals surface area contributed by atoms with Crippen LogP contribution in [0.1, 0.15) is 33.1 Å². The molecule has 2 aliphatic carbocycles. The summed E-state index contributed by atoms with van der Waals surface area (Å²) in [6, 6.07) is 0. The van der Waals surface area contributed by atoms with Gasteiger partial charge in [0.05, 0.1) is 12.2 Å². The fraction of sp³-hybridized carbons (Fsp3) is 0.923. The molecule has 4 unspecified atom stereocenters. The zero-order chi connectivity index (χ0) is 11.3. The van der Waals surface area contributed by atoms with Gasteiger partial charge in [-0.25, -0.2) is 0 Å². The smallest absolute Gasteiger partial charge is 0.225 e. The second-order valence-electron chi connectivity index (χ2n) is 5.92. The van der Waals surface area contributed by atoms with E-state index in [1.807, 2.05) is 4.90 Å². The van der Waals surface area contributed by atoms with Crippen molar-refractivity contribution in [3.05, 3.63) is 0 Å². The highest BCUT2D eigenvalue weighted by Gasteiger charge is 2.49. The van der Waals surface area contributed by atoms with Gasteiger partial charge in [-0.2, -0.15) is 0 Å². The fourth-order valence-corrected chi connectivity index (χ4v) is 3.53. The summed E-state index contributed by atoms with van der Waals surface area (Å²) in [4.78, 5) is 14.4. The first-order valence-corrected chi connectivity index (χ1v) is 6.57. The average Bonchev–Trinajstić information content (AvgIpc) is 2.83. The lowest BCUT2D eigenvalue weighted by Gasteiger charge is -2.36. The average molecular weight is 223 g/mol. The lowest BCUT2D eigenvalue weighted by Crippen LogP contribution is -2.49. The molecular formula is C13H21NO2. The number of rotatable bonds is 1. The second kappa shape index (κ2) is 3.73. The zero-order valence-corrected chi connectivity index (χ0v) is 10.2. The van der Waals surface area contributed by atoms with Crippen LogP contribution in [0.15, 0.2) is 0 Å². The van der Waals surface area contributed by atoms with Crippen LogP contribution in [0.4, 0.5) is 0 Å². The van der Waals surface area contributed by atoms with Gasteiger partial charge in [-0.1, -0.05) is 0 Å². The molecule has 0 aromatic rings. The highest BCUT2D eigenvalue weighted by Crippen LogP contribution is 2.54. The van der Waals surface area contributed by atoms with E-state index in [2.05, 4.69) is 13.8 Å². The number of fused-ring (bicyclic) bond motifs is 1. The van der Waals surface area contributed by atoms with E-state index in [0.717, 1.165) is 37.8 Å². The largest absolute Gasteiger partial charge is 0.372 e. The van der Waals surface area contributed by atoms with Crippen LogP contribution in [0, 0.1) is 17.8 Å². The standard InChI is InChI=1S/C13H21NO2/c1-8-6-14(7-9(2)16-8)13(15)12-4-10-3-11(10)5-12/h8-12H,3-7H2,1-2H3. The van der Waals surface area contributed by atoms with Crippen LogP contribution in [0.5, 0.6) is 0 Å². The summed E-state index contributed by atoms with van der Waals surface area (Å²) >= 11 is 0. The minimum absolute atomic E-state index is 0.198. The molecule has 4 atom stereocenters. The molecule has 3 nitrogen and oxygen atoms in total. The highest BCUT2D eigenvalue weighted by molar-refractivity contribution is 5.79. The Kier molecular flexibility index (Phi) is 2.46. The van der Waals surface area contributed by atoms with Gasteiger partial charge in [0.15, 0.2) is 0 Å². The summed E-state index contributed by atoms with van der Waals surface area (Å²) in [5.41, 5.74) is 0. The van der Waals surface area contributed by atoms with Gasteiger partial charge in [0.25, 0.3) is 0 Å². The van der Waals surface area contributed by atoms with E-state index in [0.29, 0.717) is 11.8 Å². The van der Waals surface area contributed by atoms with Gasteiger partial charge in [-0.15, -0.1) is 0 Å². The number of carbonyl (C=O) groups excluding carboxylic acids is 1. The van der Waals surface area contributed by atoms with Crippen LogP contribution in [0.25, 0.3) is 0 Å². The third-order valence-corrected chi connectivity index (χ3v) is 4.32. The SMILES string of the molecule is CC1CN(C(=O)C2CC3CC3C2)CC(C)O1. The third-order valence-electron chi connectivity index (χ3n) is 4.32. The van der Waals surface area contributed by atoms with Crippen molar-refractivity contribution in [2.75, 3.05) is 13.1 Å². The van der Waals surface area contributed by atoms with Gasteiger partial charge in [0, 0.05) is 19.0 Å². The van der Waals surface area contributed by atoms with E-state index in [4.69, 9.17) is 4.74 Å². The fourth-order valence-electron chi connectivity index (χ4n) is 3.53. The number of amides is 1. The van der Waals surface area contributed by atoms with E-state index >= 15 is 0 Å². The molecule has 90 valence electrons. The maximum Gasteiger partial charge on any atom is 0.225 e. The second-order valence-corrected chi connectivity index (χ2v) is 5.92. The maximum absolute atomic E-state index is 12.3. The van der Waals surface area contributed by atoms with Crippen molar-refractivity contribution in [1.82, 2.24) is 4.90 Å². The van der Waals surface area contributed by atoms with E-state index in [1.165, 1.54) is 6.42 Å². The predicted octanol–water partition coefficient (Wildman–Crippen LogP) is 1.67. The van der Waals surface area contributed by atoms with Gasteiger partial charge >= 0.3 is 0 Å². The molecule has 1 heterocycles. The molecule has 3 aliphatic rings. The first-order valence-electron chi connectivity index (χ1n) is 6.57. The van der Waals surface area contributed by atoms with Gasteiger partial charge in [-0.3, -0.25) is 4.79 Å². The molecule has 0 spiro atoms. The van der Waals surface area contributed by atoms with Crippen LogP contribution in [-0.2, 0) is 9.53 Å². The summed E-state index contributed by atoms with van der Waals surface area (Å²) in [6.07, 6.45) is 4.10. The van der Waals surface area contributed by atoms with Crippen LogP contribution in [0.3, 0.4) is 0 Å². The molecule has 16 heavy (non-hydrogen) atoms. The lowest BCUT2D eigenvalue weighted by molar-refractivity contribution is -0.147. The molecule has 1 aliphatic heterocycles. The molecule has 3 rings (SSSR count). The molecular weight excluding hydrogens is 202 g/mol. The van der Waals surface area contributed by atoms with Crippen molar-refractivity contribution < 1.29 is 9.53 Å². The number of morpholine rings is 1. The quantitative estimate of drug-likeness (QED) is 0.676. The number of hydrogen-bond acceptors (Lipinski definition) is 2. The first-order chi connectivity index (χ1) is 7.63. The minimum atomic E-state index is 0.198. The topological polar surface area (TPSA) is 29.5 Å². The van der Waals surface area contributed by atoms with Crippen molar-refractivity contribution in [3.63, 3.8) is 0 Å². The Morgan fingerprint density at radius 1 is 1.06 bits per heavy atom.